The average Bonchev–Trinajstić information content (AvgIpc) is 2.40. The monoisotopic (exact) mass is 245 g/mol. The number of rotatable bonds is 4. The van der Waals surface area contributed by atoms with Crippen LogP contribution in [0.2, 0.25) is 0 Å². The quantitative estimate of drug-likeness (QED) is 0.828. The third-order valence-corrected chi connectivity index (χ3v) is 3.45. The highest BCUT2D eigenvalue weighted by Gasteiger charge is 2.15. The zero-order valence-corrected chi connectivity index (χ0v) is 10.5. The van der Waals surface area contributed by atoms with Crippen LogP contribution in [-0.2, 0) is 11.2 Å². The molecule has 0 aliphatic heterocycles. The van der Waals surface area contributed by atoms with Gasteiger partial charge in [-0.25, -0.2) is 0 Å². The molecule has 0 aromatic heterocycles. The molecular weight excluding hydrogens is 226 g/mol. The summed E-state index contributed by atoms with van der Waals surface area (Å²) < 4.78 is 0. The summed E-state index contributed by atoms with van der Waals surface area (Å²) in [5.74, 6) is 0.0840. The number of nitrogens with one attached hydrogen (secondary N) is 1. The van der Waals surface area contributed by atoms with Gasteiger partial charge in [-0.15, -0.1) is 0 Å². The predicted octanol–water partition coefficient (Wildman–Crippen LogP) is 2.49. The maximum absolute atomic E-state index is 11.9. The van der Waals surface area contributed by atoms with Crippen LogP contribution in [0.5, 0.6) is 0 Å². The van der Waals surface area contributed by atoms with Crippen LogP contribution < -0.4 is 5.32 Å². The Balaban J connectivity index is 1.83. The smallest absolute Gasteiger partial charge is 0.224 e. The average molecular weight is 245 g/mol. The minimum absolute atomic E-state index is 0.0840. The molecule has 18 heavy (non-hydrogen) atoms. The number of benzene rings is 1. The normalized spacial score (nSPS) is 16.2. The Bertz CT molecular complexity index is 405. The molecule has 2 rings (SSSR count). The molecule has 1 amide bonds. The van der Waals surface area contributed by atoms with E-state index in [-0.39, 0.29) is 5.91 Å². The Hall–Kier alpha value is -1.64. The van der Waals surface area contributed by atoms with Gasteiger partial charge in [-0.1, -0.05) is 43.5 Å². The molecule has 0 atom stereocenters. The summed E-state index contributed by atoms with van der Waals surface area (Å²) in [4.78, 5) is 22.4. The highest BCUT2D eigenvalue weighted by Crippen LogP contribution is 2.17. The van der Waals surface area contributed by atoms with Crippen molar-refractivity contribution in [3.8, 4) is 0 Å². The molecule has 1 aliphatic carbocycles. The standard InChI is InChI=1S/C15H19NO2/c17-11-13-8-6-12(7-9-13)10-15(18)16-14-4-2-1-3-5-14/h6-9,11,14H,1-5,10H2,(H,16,18). The molecule has 0 unspecified atom stereocenters. The molecule has 1 saturated carbocycles. The van der Waals surface area contributed by atoms with E-state index in [1.807, 2.05) is 12.1 Å². The SMILES string of the molecule is O=Cc1ccc(CC(=O)NC2CCCCC2)cc1. The van der Waals surface area contributed by atoms with E-state index in [2.05, 4.69) is 5.32 Å². The van der Waals surface area contributed by atoms with E-state index in [4.69, 9.17) is 0 Å². The molecule has 1 aromatic rings. The first kappa shape index (κ1) is 12.8. The molecule has 96 valence electrons. The zero-order chi connectivity index (χ0) is 12.8. The maximum Gasteiger partial charge on any atom is 0.224 e. The zero-order valence-electron chi connectivity index (χ0n) is 10.5. The highest BCUT2D eigenvalue weighted by atomic mass is 16.1. The Morgan fingerprint density at radius 3 is 2.44 bits per heavy atom. The second-order valence-corrected chi connectivity index (χ2v) is 4.94. The van der Waals surface area contributed by atoms with Gasteiger partial charge in [-0.05, 0) is 18.4 Å². The molecule has 0 spiro atoms. The molecule has 0 heterocycles. The first-order valence-corrected chi connectivity index (χ1v) is 6.61. The minimum atomic E-state index is 0.0840. The van der Waals surface area contributed by atoms with Crippen molar-refractivity contribution in [2.24, 2.45) is 0 Å². The fourth-order valence-electron chi connectivity index (χ4n) is 2.43. The maximum atomic E-state index is 11.9. The molecule has 0 radical (unpaired) electrons. The molecule has 0 saturated heterocycles. The van der Waals surface area contributed by atoms with Crippen LogP contribution in [0.3, 0.4) is 0 Å². The van der Waals surface area contributed by atoms with E-state index in [1.165, 1.54) is 19.3 Å². The van der Waals surface area contributed by atoms with Crippen LogP contribution in [0, 0.1) is 0 Å². The topological polar surface area (TPSA) is 46.2 Å². The van der Waals surface area contributed by atoms with Crippen molar-refractivity contribution in [1.29, 1.82) is 0 Å². The van der Waals surface area contributed by atoms with Crippen molar-refractivity contribution in [2.75, 3.05) is 0 Å². The number of hydrogen-bond acceptors (Lipinski definition) is 2. The summed E-state index contributed by atoms with van der Waals surface area (Å²) in [7, 11) is 0. The molecule has 1 fully saturated rings. The molecule has 0 bridgehead atoms. The van der Waals surface area contributed by atoms with Gasteiger partial charge in [0, 0.05) is 11.6 Å². The highest BCUT2D eigenvalue weighted by molar-refractivity contribution is 5.79. The van der Waals surface area contributed by atoms with E-state index in [9.17, 15) is 9.59 Å². The van der Waals surface area contributed by atoms with Crippen molar-refractivity contribution < 1.29 is 9.59 Å². The van der Waals surface area contributed by atoms with Crippen LogP contribution >= 0.6 is 0 Å². The summed E-state index contributed by atoms with van der Waals surface area (Å²) >= 11 is 0. The molecule has 1 aliphatic rings. The number of carbonyl (C=O) groups excluding carboxylic acids is 2. The Morgan fingerprint density at radius 1 is 1.17 bits per heavy atom. The van der Waals surface area contributed by atoms with Crippen LogP contribution in [0.25, 0.3) is 0 Å². The second kappa shape index (κ2) is 6.34. The van der Waals surface area contributed by atoms with Crippen LogP contribution in [0.15, 0.2) is 24.3 Å². The minimum Gasteiger partial charge on any atom is -0.353 e. The van der Waals surface area contributed by atoms with E-state index in [0.717, 1.165) is 24.7 Å². The lowest BCUT2D eigenvalue weighted by Gasteiger charge is -2.22. The summed E-state index contributed by atoms with van der Waals surface area (Å²) in [6.07, 6.45) is 7.16. The summed E-state index contributed by atoms with van der Waals surface area (Å²) in [6.45, 7) is 0. The van der Waals surface area contributed by atoms with Crippen LogP contribution in [0.1, 0.15) is 48.0 Å². The van der Waals surface area contributed by atoms with Gasteiger partial charge in [0.15, 0.2) is 0 Å². The molecule has 3 heteroatoms. The molecule has 1 N–H and O–H groups in total. The summed E-state index contributed by atoms with van der Waals surface area (Å²) in [5, 5.41) is 3.09. The van der Waals surface area contributed by atoms with Crippen molar-refractivity contribution in [3.63, 3.8) is 0 Å². The van der Waals surface area contributed by atoms with Crippen LogP contribution in [0.4, 0.5) is 0 Å². The van der Waals surface area contributed by atoms with Gasteiger partial charge in [-0.2, -0.15) is 0 Å². The van der Waals surface area contributed by atoms with Crippen molar-refractivity contribution >= 4 is 12.2 Å². The van der Waals surface area contributed by atoms with Crippen molar-refractivity contribution in [1.82, 2.24) is 5.32 Å². The number of hydrogen-bond donors (Lipinski definition) is 1. The van der Waals surface area contributed by atoms with Gasteiger partial charge < -0.3 is 5.32 Å². The lowest BCUT2D eigenvalue weighted by atomic mass is 9.95. The summed E-state index contributed by atoms with van der Waals surface area (Å²) in [5.41, 5.74) is 1.60. The Kier molecular flexibility index (Phi) is 4.51. The molecular formula is C15H19NO2. The van der Waals surface area contributed by atoms with Gasteiger partial charge in [-0.3, -0.25) is 9.59 Å². The molecule has 1 aromatic carbocycles. The lowest BCUT2D eigenvalue weighted by Crippen LogP contribution is -2.37. The van der Waals surface area contributed by atoms with Crippen molar-refractivity contribution in [3.05, 3.63) is 35.4 Å². The second-order valence-electron chi connectivity index (χ2n) is 4.94. The van der Waals surface area contributed by atoms with Gasteiger partial charge in [0.1, 0.15) is 6.29 Å². The predicted molar refractivity (Wildman–Crippen MR) is 70.5 cm³/mol. The first-order chi connectivity index (χ1) is 8.78. The van der Waals surface area contributed by atoms with Gasteiger partial charge in [0.2, 0.25) is 5.91 Å². The van der Waals surface area contributed by atoms with Crippen molar-refractivity contribution in [2.45, 2.75) is 44.6 Å². The lowest BCUT2D eigenvalue weighted by molar-refractivity contribution is -0.121. The van der Waals surface area contributed by atoms with E-state index in [1.54, 1.807) is 12.1 Å². The van der Waals surface area contributed by atoms with E-state index in [0.29, 0.717) is 18.0 Å². The first-order valence-electron chi connectivity index (χ1n) is 6.61. The fraction of sp³-hybridized carbons (Fsp3) is 0.467. The fourth-order valence-corrected chi connectivity index (χ4v) is 2.43. The Morgan fingerprint density at radius 2 is 1.83 bits per heavy atom. The third kappa shape index (κ3) is 3.69. The largest absolute Gasteiger partial charge is 0.353 e. The third-order valence-electron chi connectivity index (χ3n) is 3.45. The number of amides is 1. The van der Waals surface area contributed by atoms with Gasteiger partial charge in [0.05, 0.1) is 6.42 Å². The Labute approximate surface area is 108 Å². The number of carbonyl (C=O) groups is 2. The van der Waals surface area contributed by atoms with Gasteiger partial charge in [0.25, 0.3) is 0 Å². The summed E-state index contributed by atoms with van der Waals surface area (Å²) in [6, 6.07) is 7.53. The van der Waals surface area contributed by atoms with Crippen LogP contribution in [-0.4, -0.2) is 18.2 Å². The van der Waals surface area contributed by atoms with E-state index < -0.39 is 0 Å². The van der Waals surface area contributed by atoms with Gasteiger partial charge >= 0.3 is 0 Å². The van der Waals surface area contributed by atoms with E-state index >= 15 is 0 Å². The number of aldehydes is 1. The molecule has 3 nitrogen and oxygen atoms in total.